The van der Waals surface area contributed by atoms with Crippen LogP contribution in [-0.2, 0) is 11.3 Å². The van der Waals surface area contributed by atoms with Crippen molar-refractivity contribution in [3.63, 3.8) is 0 Å². The molecule has 0 aliphatic rings. The molecule has 1 heterocycles. The lowest BCUT2D eigenvalue weighted by molar-refractivity contribution is -0.133. The standard InChI is InChI=1S/C11H16BrNOS/c1-4-13(10(14)11(2,3)12)8-9-6-5-7-15-9/h5-7H,4,8H2,1-3H3. The molecule has 0 radical (unpaired) electrons. The second kappa shape index (κ2) is 5.12. The highest BCUT2D eigenvalue weighted by atomic mass is 79.9. The van der Waals surface area contributed by atoms with Crippen LogP contribution >= 0.6 is 27.3 Å². The van der Waals surface area contributed by atoms with E-state index < -0.39 is 4.32 Å². The second-order valence-corrected chi connectivity index (χ2v) is 6.89. The minimum atomic E-state index is -0.472. The molecule has 0 fully saturated rings. The van der Waals surface area contributed by atoms with Gasteiger partial charge in [-0.25, -0.2) is 0 Å². The molecule has 0 spiro atoms. The van der Waals surface area contributed by atoms with Gasteiger partial charge in [-0.05, 0) is 32.2 Å². The molecule has 0 aliphatic carbocycles. The van der Waals surface area contributed by atoms with Gasteiger partial charge < -0.3 is 4.90 Å². The Balaban J connectivity index is 2.69. The van der Waals surface area contributed by atoms with Gasteiger partial charge in [0, 0.05) is 11.4 Å². The first-order valence-electron chi connectivity index (χ1n) is 4.95. The van der Waals surface area contributed by atoms with E-state index in [1.54, 1.807) is 11.3 Å². The van der Waals surface area contributed by atoms with Crippen LogP contribution in [0.4, 0.5) is 0 Å². The molecule has 1 amide bonds. The average Bonchev–Trinajstić information content (AvgIpc) is 2.64. The summed E-state index contributed by atoms with van der Waals surface area (Å²) in [7, 11) is 0. The summed E-state index contributed by atoms with van der Waals surface area (Å²) in [6.07, 6.45) is 0. The first-order chi connectivity index (χ1) is 6.95. The number of thiophene rings is 1. The molecule has 0 aliphatic heterocycles. The minimum Gasteiger partial charge on any atom is -0.337 e. The molecular formula is C11H16BrNOS. The summed E-state index contributed by atoms with van der Waals surface area (Å²) in [5, 5.41) is 2.03. The molecule has 0 aromatic carbocycles. The highest BCUT2D eigenvalue weighted by Crippen LogP contribution is 2.21. The number of nitrogens with zero attached hydrogens (tertiary/aromatic N) is 1. The number of carbonyl (C=O) groups is 1. The summed E-state index contributed by atoms with van der Waals surface area (Å²) in [4.78, 5) is 15.1. The Labute approximate surface area is 103 Å². The fraction of sp³-hybridized carbons (Fsp3) is 0.545. The van der Waals surface area contributed by atoms with E-state index in [9.17, 15) is 4.79 Å². The van der Waals surface area contributed by atoms with Gasteiger partial charge in [-0.3, -0.25) is 4.79 Å². The number of amides is 1. The van der Waals surface area contributed by atoms with Gasteiger partial charge >= 0.3 is 0 Å². The summed E-state index contributed by atoms with van der Waals surface area (Å²) < 4.78 is -0.472. The van der Waals surface area contributed by atoms with Crippen molar-refractivity contribution in [1.29, 1.82) is 0 Å². The third-order valence-electron chi connectivity index (χ3n) is 2.10. The highest BCUT2D eigenvalue weighted by Gasteiger charge is 2.28. The summed E-state index contributed by atoms with van der Waals surface area (Å²) in [5.74, 6) is 0.137. The fourth-order valence-corrected chi connectivity index (χ4v) is 2.26. The number of hydrogen-bond acceptors (Lipinski definition) is 2. The van der Waals surface area contributed by atoms with E-state index >= 15 is 0 Å². The zero-order chi connectivity index (χ0) is 11.5. The molecule has 1 aromatic rings. The van der Waals surface area contributed by atoms with Crippen LogP contribution in [0.5, 0.6) is 0 Å². The van der Waals surface area contributed by atoms with Crippen LogP contribution in [0.3, 0.4) is 0 Å². The van der Waals surface area contributed by atoms with Crippen molar-refractivity contribution in [2.24, 2.45) is 0 Å². The maximum absolute atomic E-state index is 12.0. The van der Waals surface area contributed by atoms with Crippen LogP contribution in [-0.4, -0.2) is 21.7 Å². The molecular weight excluding hydrogens is 274 g/mol. The molecule has 0 bridgehead atoms. The Morgan fingerprint density at radius 2 is 2.27 bits per heavy atom. The Bertz CT molecular complexity index is 316. The Hall–Kier alpha value is -0.350. The quantitative estimate of drug-likeness (QED) is 0.779. The van der Waals surface area contributed by atoms with Crippen LogP contribution in [0, 0.1) is 0 Å². The van der Waals surface area contributed by atoms with Crippen LogP contribution < -0.4 is 0 Å². The number of alkyl halides is 1. The number of hydrogen-bond donors (Lipinski definition) is 0. The topological polar surface area (TPSA) is 20.3 Å². The van der Waals surface area contributed by atoms with Crippen molar-refractivity contribution in [2.45, 2.75) is 31.6 Å². The van der Waals surface area contributed by atoms with E-state index in [2.05, 4.69) is 22.0 Å². The maximum atomic E-state index is 12.0. The van der Waals surface area contributed by atoms with Crippen molar-refractivity contribution in [3.05, 3.63) is 22.4 Å². The van der Waals surface area contributed by atoms with Crippen LogP contribution in [0.1, 0.15) is 25.6 Å². The molecule has 1 aromatic heterocycles. The zero-order valence-electron chi connectivity index (χ0n) is 9.29. The fourth-order valence-electron chi connectivity index (χ4n) is 1.29. The van der Waals surface area contributed by atoms with Crippen LogP contribution in [0.2, 0.25) is 0 Å². The SMILES string of the molecule is CCN(Cc1cccs1)C(=O)C(C)(C)Br. The minimum absolute atomic E-state index is 0.137. The Morgan fingerprint density at radius 1 is 1.60 bits per heavy atom. The third-order valence-corrected chi connectivity index (χ3v) is 3.30. The predicted octanol–water partition coefficient (Wildman–Crippen LogP) is 3.27. The monoisotopic (exact) mass is 289 g/mol. The molecule has 1 rings (SSSR count). The summed E-state index contributed by atoms with van der Waals surface area (Å²) in [6, 6.07) is 4.07. The molecule has 0 saturated carbocycles. The third kappa shape index (κ3) is 3.61. The van der Waals surface area contributed by atoms with Crippen molar-refractivity contribution in [2.75, 3.05) is 6.54 Å². The van der Waals surface area contributed by atoms with E-state index in [0.29, 0.717) is 6.54 Å². The van der Waals surface area contributed by atoms with Crippen molar-refractivity contribution < 1.29 is 4.79 Å². The molecule has 4 heteroatoms. The van der Waals surface area contributed by atoms with Gasteiger partial charge in [-0.1, -0.05) is 22.0 Å². The number of rotatable bonds is 4. The molecule has 0 N–H and O–H groups in total. The zero-order valence-corrected chi connectivity index (χ0v) is 11.7. The first-order valence-corrected chi connectivity index (χ1v) is 6.63. The van der Waals surface area contributed by atoms with Gasteiger partial charge in [0.1, 0.15) is 0 Å². The molecule has 0 saturated heterocycles. The van der Waals surface area contributed by atoms with Crippen molar-refractivity contribution in [3.8, 4) is 0 Å². The summed E-state index contributed by atoms with van der Waals surface area (Å²) in [5.41, 5.74) is 0. The highest BCUT2D eigenvalue weighted by molar-refractivity contribution is 9.10. The normalized spacial score (nSPS) is 11.5. The number of carbonyl (C=O) groups excluding carboxylic acids is 1. The van der Waals surface area contributed by atoms with Gasteiger partial charge in [-0.15, -0.1) is 11.3 Å². The lowest BCUT2D eigenvalue weighted by Crippen LogP contribution is -2.40. The van der Waals surface area contributed by atoms with Crippen LogP contribution in [0.25, 0.3) is 0 Å². The molecule has 0 unspecified atom stereocenters. The van der Waals surface area contributed by atoms with E-state index in [0.717, 1.165) is 6.54 Å². The van der Waals surface area contributed by atoms with Crippen LogP contribution in [0.15, 0.2) is 17.5 Å². The Morgan fingerprint density at radius 3 is 2.67 bits per heavy atom. The van der Waals surface area contributed by atoms with E-state index in [1.807, 2.05) is 37.1 Å². The van der Waals surface area contributed by atoms with E-state index in [1.165, 1.54) is 4.88 Å². The Kier molecular flexibility index (Phi) is 4.34. The van der Waals surface area contributed by atoms with Crippen molar-refractivity contribution in [1.82, 2.24) is 4.90 Å². The van der Waals surface area contributed by atoms with Crippen molar-refractivity contribution >= 4 is 33.2 Å². The second-order valence-electron chi connectivity index (χ2n) is 3.87. The van der Waals surface area contributed by atoms with Gasteiger partial charge in [0.2, 0.25) is 5.91 Å². The van der Waals surface area contributed by atoms with Gasteiger partial charge in [-0.2, -0.15) is 0 Å². The lowest BCUT2D eigenvalue weighted by Gasteiger charge is -2.26. The lowest BCUT2D eigenvalue weighted by atomic mass is 10.2. The van der Waals surface area contributed by atoms with Gasteiger partial charge in [0.15, 0.2) is 0 Å². The van der Waals surface area contributed by atoms with E-state index in [-0.39, 0.29) is 5.91 Å². The predicted molar refractivity (Wildman–Crippen MR) is 68.4 cm³/mol. The smallest absolute Gasteiger partial charge is 0.239 e. The summed E-state index contributed by atoms with van der Waals surface area (Å²) >= 11 is 5.09. The maximum Gasteiger partial charge on any atom is 0.239 e. The molecule has 84 valence electrons. The molecule has 2 nitrogen and oxygen atoms in total. The van der Waals surface area contributed by atoms with Gasteiger partial charge in [0.25, 0.3) is 0 Å². The largest absolute Gasteiger partial charge is 0.337 e. The molecule has 15 heavy (non-hydrogen) atoms. The molecule has 0 atom stereocenters. The van der Waals surface area contributed by atoms with E-state index in [4.69, 9.17) is 0 Å². The van der Waals surface area contributed by atoms with Gasteiger partial charge in [0.05, 0.1) is 10.9 Å². The first kappa shape index (κ1) is 12.7. The number of halogens is 1. The summed E-state index contributed by atoms with van der Waals surface area (Å²) in [6.45, 7) is 7.22. The average molecular weight is 290 g/mol.